The van der Waals surface area contributed by atoms with Crippen molar-refractivity contribution < 1.29 is 17.9 Å². The maximum Gasteiger partial charge on any atom is 0.390 e. The van der Waals surface area contributed by atoms with Crippen molar-refractivity contribution in [2.75, 3.05) is 13.7 Å². The van der Waals surface area contributed by atoms with Crippen LogP contribution in [0.15, 0.2) is 30.3 Å². The van der Waals surface area contributed by atoms with Crippen LogP contribution in [0.5, 0.6) is 0 Å². The normalized spacial score (nSPS) is 15.1. The third kappa shape index (κ3) is 6.39. The molecule has 20 heavy (non-hydrogen) atoms. The summed E-state index contributed by atoms with van der Waals surface area (Å²) in [6.07, 6.45) is -3.39. The molecule has 0 radical (unpaired) electrons. The number of hydrogen-bond donors (Lipinski definition) is 1. The van der Waals surface area contributed by atoms with Gasteiger partial charge in [-0.05, 0) is 12.0 Å². The molecule has 0 amide bonds. The molecule has 0 spiro atoms. The average Bonchev–Trinajstić information content (AvgIpc) is 2.38. The van der Waals surface area contributed by atoms with Gasteiger partial charge >= 0.3 is 6.18 Å². The van der Waals surface area contributed by atoms with Gasteiger partial charge in [-0.1, -0.05) is 43.7 Å². The van der Waals surface area contributed by atoms with Gasteiger partial charge in [0, 0.05) is 19.2 Å². The maximum absolute atomic E-state index is 12.7. The molecule has 0 aliphatic carbocycles. The number of rotatable bonds is 8. The molecule has 114 valence electrons. The summed E-state index contributed by atoms with van der Waals surface area (Å²) in [5.41, 5.74) is 0.655. The Labute approximate surface area is 118 Å². The van der Waals surface area contributed by atoms with Gasteiger partial charge in [-0.3, -0.25) is 0 Å². The summed E-state index contributed by atoms with van der Waals surface area (Å²) in [5.74, 6) is 0. The van der Waals surface area contributed by atoms with Gasteiger partial charge in [0.25, 0.3) is 0 Å². The first kappa shape index (κ1) is 17.0. The monoisotopic (exact) mass is 289 g/mol. The highest BCUT2D eigenvalue weighted by Gasteiger charge is 2.33. The summed E-state index contributed by atoms with van der Waals surface area (Å²) >= 11 is 0. The zero-order valence-electron chi connectivity index (χ0n) is 11.9. The Balaban J connectivity index is 2.81. The van der Waals surface area contributed by atoms with E-state index >= 15 is 0 Å². The third-order valence-electron chi connectivity index (χ3n) is 3.08. The highest BCUT2D eigenvalue weighted by molar-refractivity contribution is 5.19. The van der Waals surface area contributed by atoms with E-state index in [0.29, 0.717) is 12.2 Å². The van der Waals surface area contributed by atoms with Crippen molar-refractivity contribution in [1.29, 1.82) is 0 Å². The van der Waals surface area contributed by atoms with Crippen LogP contribution >= 0.6 is 0 Å². The van der Waals surface area contributed by atoms with Gasteiger partial charge in [0.2, 0.25) is 0 Å². The molecule has 5 heteroatoms. The molecule has 0 heterocycles. The van der Waals surface area contributed by atoms with Gasteiger partial charge in [-0.15, -0.1) is 0 Å². The first-order chi connectivity index (χ1) is 9.46. The fraction of sp³-hybridized carbons (Fsp3) is 0.600. The maximum atomic E-state index is 12.7. The van der Waals surface area contributed by atoms with Gasteiger partial charge in [-0.2, -0.15) is 13.2 Å². The van der Waals surface area contributed by atoms with Crippen molar-refractivity contribution in [3.8, 4) is 0 Å². The fourth-order valence-corrected chi connectivity index (χ4v) is 2.24. The quantitative estimate of drug-likeness (QED) is 0.778. The molecule has 0 aliphatic rings. The van der Waals surface area contributed by atoms with Crippen LogP contribution < -0.4 is 5.32 Å². The van der Waals surface area contributed by atoms with Crippen LogP contribution in [0, 0.1) is 0 Å². The van der Waals surface area contributed by atoms with Crippen molar-refractivity contribution in [2.24, 2.45) is 0 Å². The molecule has 2 unspecified atom stereocenters. The lowest BCUT2D eigenvalue weighted by atomic mass is 10.0. The molecule has 0 saturated carbocycles. The Morgan fingerprint density at radius 2 is 1.85 bits per heavy atom. The van der Waals surface area contributed by atoms with Crippen LogP contribution in [-0.2, 0) is 4.74 Å². The smallest absolute Gasteiger partial charge is 0.383 e. The molecule has 0 saturated heterocycles. The van der Waals surface area contributed by atoms with Crippen LogP contribution in [0.4, 0.5) is 13.2 Å². The number of ether oxygens (including phenoxy) is 1. The van der Waals surface area contributed by atoms with Crippen LogP contribution in [0.2, 0.25) is 0 Å². The molecule has 2 atom stereocenters. The summed E-state index contributed by atoms with van der Waals surface area (Å²) in [7, 11) is 1.56. The first-order valence-corrected chi connectivity index (χ1v) is 6.83. The number of nitrogens with one attached hydrogen (secondary N) is 1. The Hall–Kier alpha value is -1.07. The number of benzene rings is 1. The van der Waals surface area contributed by atoms with Crippen LogP contribution in [0.3, 0.4) is 0 Å². The molecular weight excluding hydrogens is 267 g/mol. The van der Waals surface area contributed by atoms with E-state index in [9.17, 15) is 13.2 Å². The summed E-state index contributed by atoms with van der Waals surface area (Å²) in [5, 5.41) is 3.08. The first-order valence-electron chi connectivity index (χ1n) is 6.83. The van der Waals surface area contributed by atoms with E-state index in [1.165, 1.54) is 0 Å². The van der Waals surface area contributed by atoms with Crippen LogP contribution in [0.1, 0.15) is 37.8 Å². The van der Waals surface area contributed by atoms with E-state index in [0.717, 1.165) is 12.8 Å². The number of hydrogen-bond acceptors (Lipinski definition) is 2. The van der Waals surface area contributed by atoms with E-state index < -0.39 is 18.6 Å². The van der Waals surface area contributed by atoms with Crippen molar-refractivity contribution in [3.05, 3.63) is 35.9 Å². The molecule has 0 aliphatic heterocycles. The lowest BCUT2D eigenvalue weighted by Gasteiger charge is -2.26. The lowest BCUT2D eigenvalue weighted by molar-refractivity contribution is -0.141. The predicted octanol–water partition coefficient (Wildman–Crippen LogP) is 4.08. The Kier molecular flexibility index (Phi) is 7.02. The van der Waals surface area contributed by atoms with Gasteiger partial charge in [0.1, 0.15) is 0 Å². The second-order valence-corrected chi connectivity index (χ2v) is 4.89. The predicted molar refractivity (Wildman–Crippen MR) is 73.6 cm³/mol. The third-order valence-corrected chi connectivity index (χ3v) is 3.08. The highest BCUT2D eigenvalue weighted by Crippen LogP contribution is 2.30. The molecule has 0 fully saturated rings. The summed E-state index contributed by atoms with van der Waals surface area (Å²) in [6.45, 7) is 2.42. The fourth-order valence-electron chi connectivity index (χ4n) is 2.24. The zero-order valence-corrected chi connectivity index (χ0v) is 11.9. The Bertz CT molecular complexity index is 361. The SMILES string of the molecule is CCCC(COC)NC(CC(F)(F)F)c1ccccc1. The van der Waals surface area contributed by atoms with Crippen molar-refractivity contribution in [2.45, 2.75) is 44.4 Å². The number of methoxy groups -OCH3 is 1. The Morgan fingerprint density at radius 3 is 2.35 bits per heavy atom. The van der Waals surface area contributed by atoms with Crippen LogP contribution in [-0.4, -0.2) is 25.9 Å². The Morgan fingerprint density at radius 1 is 1.20 bits per heavy atom. The number of alkyl halides is 3. The molecule has 0 bridgehead atoms. The molecule has 2 nitrogen and oxygen atoms in total. The molecule has 1 aromatic rings. The molecular formula is C15H22F3NO. The molecule has 0 aromatic heterocycles. The minimum Gasteiger partial charge on any atom is -0.383 e. The molecule has 1 aromatic carbocycles. The zero-order chi connectivity index (χ0) is 15.0. The minimum atomic E-state index is -4.20. The molecule has 1 rings (SSSR count). The van der Waals surface area contributed by atoms with Crippen molar-refractivity contribution >= 4 is 0 Å². The summed E-state index contributed by atoms with van der Waals surface area (Å²) < 4.78 is 43.3. The second-order valence-electron chi connectivity index (χ2n) is 4.89. The van der Waals surface area contributed by atoms with E-state index in [2.05, 4.69) is 5.32 Å². The van der Waals surface area contributed by atoms with E-state index in [1.54, 1.807) is 37.4 Å². The molecule has 1 N–H and O–H groups in total. The topological polar surface area (TPSA) is 21.3 Å². The second kappa shape index (κ2) is 8.27. The van der Waals surface area contributed by atoms with Crippen LogP contribution in [0.25, 0.3) is 0 Å². The number of halogens is 3. The highest BCUT2D eigenvalue weighted by atomic mass is 19.4. The minimum absolute atomic E-state index is 0.0717. The van der Waals surface area contributed by atoms with Gasteiger partial charge < -0.3 is 10.1 Å². The van der Waals surface area contributed by atoms with E-state index in [1.807, 2.05) is 6.92 Å². The summed E-state index contributed by atoms with van der Waals surface area (Å²) in [6, 6.07) is 7.95. The summed E-state index contributed by atoms with van der Waals surface area (Å²) in [4.78, 5) is 0. The van der Waals surface area contributed by atoms with E-state index in [-0.39, 0.29) is 6.04 Å². The lowest BCUT2D eigenvalue weighted by Crippen LogP contribution is -2.38. The van der Waals surface area contributed by atoms with E-state index in [4.69, 9.17) is 4.74 Å². The van der Waals surface area contributed by atoms with Gasteiger partial charge in [-0.25, -0.2) is 0 Å². The van der Waals surface area contributed by atoms with Gasteiger partial charge in [0.05, 0.1) is 13.0 Å². The largest absolute Gasteiger partial charge is 0.390 e. The average molecular weight is 289 g/mol. The van der Waals surface area contributed by atoms with Gasteiger partial charge in [0.15, 0.2) is 0 Å². The van der Waals surface area contributed by atoms with Crippen molar-refractivity contribution in [3.63, 3.8) is 0 Å². The standard InChI is InChI=1S/C15H22F3NO/c1-3-7-13(11-20-2)19-14(10-15(16,17)18)12-8-5-4-6-9-12/h4-6,8-9,13-14,19H,3,7,10-11H2,1-2H3. The van der Waals surface area contributed by atoms with Crippen molar-refractivity contribution in [1.82, 2.24) is 5.32 Å².